The van der Waals surface area contributed by atoms with E-state index in [1.54, 1.807) is 0 Å². The fourth-order valence-electron chi connectivity index (χ4n) is 6.23. The van der Waals surface area contributed by atoms with Gasteiger partial charge in [0, 0.05) is 39.2 Å². The SMILES string of the molecule is c1ccc(C2=NC(c3ccc4oc5ccc(-n6c7ccccc7c7ncccc76)cc5c4c3)=NC(c3ccccc3)N2)cc1. The Morgan fingerprint density at radius 3 is 2.20 bits per heavy atom. The van der Waals surface area contributed by atoms with Crippen LogP contribution in [0.1, 0.15) is 22.9 Å². The van der Waals surface area contributed by atoms with E-state index in [9.17, 15) is 0 Å². The van der Waals surface area contributed by atoms with Crippen molar-refractivity contribution >= 4 is 55.5 Å². The summed E-state index contributed by atoms with van der Waals surface area (Å²) in [6.45, 7) is 0. The van der Waals surface area contributed by atoms with Gasteiger partial charge in [0.2, 0.25) is 0 Å². The van der Waals surface area contributed by atoms with E-state index in [2.05, 4.69) is 88.7 Å². The van der Waals surface area contributed by atoms with Crippen molar-refractivity contribution in [2.45, 2.75) is 6.17 Å². The molecule has 1 N–H and O–H groups in total. The Morgan fingerprint density at radius 2 is 1.34 bits per heavy atom. The number of furan rings is 1. The molecule has 9 rings (SSSR count). The normalized spacial score (nSPS) is 15.0. The number of nitrogens with zero attached hydrogens (tertiary/aromatic N) is 4. The van der Waals surface area contributed by atoms with Crippen molar-refractivity contribution in [3.05, 3.63) is 156 Å². The number of aromatic nitrogens is 2. The fraction of sp³-hybridized carbons (Fsp3) is 0.0263. The summed E-state index contributed by atoms with van der Waals surface area (Å²) in [6, 6.07) is 45.6. The second-order valence-corrected chi connectivity index (χ2v) is 11.0. The van der Waals surface area contributed by atoms with Gasteiger partial charge in [-0.2, -0.15) is 0 Å². The van der Waals surface area contributed by atoms with Gasteiger partial charge in [0.15, 0.2) is 5.84 Å². The highest BCUT2D eigenvalue weighted by atomic mass is 16.3. The molecule has 3 aromatic heterocycles. The topological polar surface area (TPSA) is 67.7 Å². The molecule has 1 atom stereocenters. The lowest BCUT2D eigenvalue weighted by Gasteiger charge is -2.23. The number of nitrogens with one attached hydrogen (secondary N) is 1. The summed E-state index contributed by atoms with van der Waals surface area (Å²) in [5, 5.41) is 6.73. The van der Waals surface area contributed by atoms with Gasteiger partial charge < -0.3 is 14.3 Å². The Hall–Kier alpha value is -6.01. The van der Waals surface area contributed by atoms with Crippen LogP contribution in [-0.2, 0) is 0 Å². The second-order valence-electron chi connectivity index (χ2n) is 11.0. The van der Waals surface area contributed by atoms with Crippen LogP contribution in [0.5, 0.6) is 0 Å². The summed E-state index contributed by atoms with van der Waals surface area (Å²) in [5.41, 5.74) is 8.92. The number of fused-ring (bicyclic) bond motifs is 6. The lowest BCUT2D eigenvalue weighted by atomic mass is 10.1. The predicted octanol–water partition coefficient (Wildman–Crippen LogP) is 8.57. The molecule has 1 unspecified atom stereocenters. The number of aliphatic imine (C=N–C) groups is 2. The summed E-state index contributed by atoms with van der Waals surface area (Å²) in [5.74, 6) is 1.47. The molecule has 8 aromatic rings. The van der Waals surface area contributed by atoms with Crippen LogP contribution in [0.4, 0.5) is 0 Å². The maximum absolute atomic E-state index is 6.31. The summed E-state index contributed by atoms with van der Waals surface area (Å²) in [6.07, 6.45) is 1.59. The van der Waals surface area contributed by atoms with Crippen molar-refractivity contribution < 1.29 is 4.42 Å². The Bertz CT molecular complexity index is 2370. The lowest BCUT2D eigenvalue weighted by Crippen LogP contribution is -2.33. The van der Waals surface area contributed by atoms with Gasteiger partial charge in [0.25, 0.3) is 0 Å². The molecule has 0 saturated carbocycles. The molecule has 0 spiro atoms. The number of amidine groups is 2. The fourth-order valence-corrected chi connectivity index (χ4v) is 6.23. The van der Waals surface area contributed by atoms with Crippen LogP contribution in [0.2, 0.25) is 0 Å². The quantitative estimate of drug-likeness (QED) is 0.232. The zero-order valence-corrected chi connectivity index (χ0v) is 23.6. The molecular weight excluding hydrogens is 542 g/mol. The van der Waals surface area contributed by atoms with Gasteiger partial charge in [0.05, 0.1) is 16.6 Å². The second kappa shape index (κ2) is 9.78. The Labute approximate surface area is 252 Å². The van der Waals surface area contributed by atoms with Crippen LogP contribution in [0.3, 0.4) is 0 Å². The van der Waals surface area contributed by atoms with Gasteiger partial charge in [-0.15, -0.1) is 0 Å². The zero-order valence-electron chi connectivity index (χ0n) is 23.6. The van der Waals surface area contributed by atoms with Crippen molar-refractivity contribution in [2.24, 2.45) is 9.98 Å². The van der Waals surface area contributed by atoms with Crippen molar-refractivity contribution in [3.8, 4) is 5.69 Å². The molecule has 5 aromatic carbocycles. The standard InChI is InChI=1S/C38H25N5O/c1-3-10-24(11-4-1)36-40-37(25-12-5-2-6-13-25)42-38(41-36)26-17-19-33-29(22-26)30-23-27(18-20-34(30)44-33)43-31-15-8-7-14-28(31)35-32(43)16-9-21-39-35/h1-23,36H,(H,40,41,42). The van der Waals surface area contributed by atoms with Crippen molar-refractivity contribution in [1.82, 2.24) is 14.9 Å². The molecule has 6 heteroatoms. The highest BCUT2D eigenvalue weighted by molar-refractivity contribution is 6.15. The zero-order chi connectivity index (χ0) is 29.0. The smallest absolute Gasteiger partial charge is 0.159 e. The third-order valence-corrected chi connectivity index (χ3v) is 8.30. The molecule has 0 amide bonds. The first-order valence-corrected chi connectivity index (χ1v) is 14.6. The Morgan fingerprint density at radius 1 is 0.614 bits per heavy atom. The van der Waals surface area contributed by atoms with Crippen LogP contribution in [0.25, 0.3) is 49.6 Å². The molecular formula is C38H25N5O. The van der Waals surface area contributed by atoms with Crippen molar-refractivity contribution in [2.75, 3.05) is 0 Å². The third kappa shape index (κ3) is 3.92. The number of benzene rings is 5. The minimum atomic E-state index is -0.258. The third-order valence-electron chi connectivity index (χ3n) is 8.30. The van der Waals surface area contributed by atoms with E-state index >= 15 is 0 Å². The minimum absolute atomic E-state index is 0.258. The van der Waals surface area contributed by atoms with Crippen LogP contribution in [0.15, 0.2) is 154 Å². The number of para-hydroxylation sites is 1. The van der Waals surface area contributed by atoms with E-state index in [0.29, 0.717) is 5.84 Å². The first kappa shape index (κ1) is 24.6. The summed E-state index contributed by atoms with van der Waals surface area (Å²) >= 11 is 0. The van der Waals surface area contributed by atoms with Crippen LogP contribution < -0.4 is 5.32 Å². The molecule has 0 radical (unpaired) electrons. The maximum atomic E-state index is 6.31. The van der Waals surface area contributed by atoms with E-state index < -0.39 is 0 Å². The lowest BCUT2D eigenvalue weighted by molar-refractivity contribution is 0.668. The highest BCUT2D eigenvalue weighted by Gasteiger charge is 2.22. The molecule has 0 bridgehead atoms. The van der Waals surface area contributed by atoms with E-state index in [-0.39, 0.29) is 6.17 Å². The first-order valence-electron chi connectivity index (χ1n) is 14.6. The summed E-state index contributed by atoms with van der Waals surface area (Å²) in [4.78, 5) is 14.8. The number of hydrogen-bond acceptors (Lipinski definition) is 5. The van der Waals surface area contributed by atoms with E-state index in [1.165, 1.54) is 0 Å². The van der Waals surface area contributed by atoms with E-state index in [1.807, 2.05) is 60.8 Å². The number of hydrogen-bond donors (Lipinski definition) is 1. The first-order chi connectivity index (χ1) is 21.8. The summed E-state index contributed by atoms with van der Waals surface area (Å²) < 4.78 is 8.59. The Balaban J connectivity index is 1.21. The molecule has 1 aliphatic heterocycles. The van der Waals surface area contributed by atoms with Crippen molar-refractivity contribution in [3.63, 3.8) is 0 Å². The van der Waals surface area contributed by atoms with Crippen LogP contribution in [0, 0.1) is 0 Å². The highest BCUT2D eigenvalue weighted by Crippen LogP contribution is 2.35. The molecule has 0 aliphatic carbocycles. The number of rotatable bonds is 4. The van der Waals surface area contributed by atoms with Crippen LogP contribution >= 0.6 is 0 Å². The average Bonchev–Trinajstić information content (AvgIpc) is 3.64. The summed E-state index contributed by atoms with van der Waals surface area (Å²) in [7, 11) is 0. The van der Waals surface area contributed by atoms with Gasteiger partial charge >= 0.3 is 0 Å². The van der Waals surface area contributed by atoms with Gasteiger partial charge in [-0.1, -0.05) is 78.9 Å². The number of pyridine rings is 1. The minimum Gasteiger partial charge on any atom is -0.456 e. The molecule has 208 valence electrons. The predicted molar refractivity (Wildman–Crippen MR) is 178 cm³/mol. The Kier molecular flexibility index (Phi) is 5.46. The molecule has 0 saturated heterocycles. The molecule has 4 heterocycles. The largest absolute Gasteiger partial charge is 0.456 e. The van der Waals surface area contributed by atoms with Gasteiger partial charge in [0.1, 0.15) is 23.2 Å². The van der Waals surface area contributed by atoms with Gasteiger partial charge in [-0.25, -0.2) is 9.98 Å². The molecule has 1 aliphatic rings. The molecule has 6 nitrogen and oxygen atoms in total. The van der Waals surface area contributed by atoms with E-state index in [0.717, 1.165) is 72.1 Å². The average molecular weight is 568 g/mol. The van der Waals surface area contributed by atoms with Crippen molar-refractivity contribution in [1.29, 1.82) is 0 Å². The van der Waals surface area contributed by atoms with Gasteiger partial charge in [-0.3, -0.25) is 4.98 Å². The molecule has 44 heavy (non-hydrogen) atoms. The monoisotopic (exact) mass is 567 g/mol. The maximum Gasteiger partial charge on any atom is 0.159 e. The van der Waals surface area contributed by atoms with E-state index in [4.69, 9.17) is 19.4 Å². The van der Waals surface area contributed by atoms with Gasteiger partial charge in [-0.05, 0) is 60.2 Å². The molecule has 0 fully saturated rings. The van der Waals surface area contributed by atoms with Crippen LogP contribution in [-0.4, -0.2) is 21.2 Å².